The van der Waals surface area contributed by atoms with E-state index in [1.807, 2.05) is 18.2 Å². The maximum Gasteiger partial charge on any atom is 0.322 e. The molecule has 0 saturated carbocycles. The van der Waals surface area contributed by atoms with Crippen LogP contribution in [0.5, 0.6) is 0 Å². The van der Waals surface area contributed by atoms with Crippen LogP contribution < -0.4 is 5.32 Å². The van der Waals surface area contributed by atoms with E-state index < -0.39 is 23.6 Å². The molecule has 1 unspecified atom stereocenters. The number of rotatable bonds is 5. The van der Waals surface area contributed by atoms with Crippen molar-refractivity contribution < 1.29 is 23.9 Å². The van der Waals surface area contributed by atoms with Crippen molar-refractivity contribution in [3.8, 4) is 0 Å². The first-order chi connectivity index (χ1) is 12.2. The van der Waals surface area contributed by atoms with Gasteiger partial charge < -0.3 is 14.8 Å². The van der Waals surface area contributed by atoms with Gasteiger partial charge in [-0.2, -0.15) is 0 Å². The number of esters is 1. The molecule has 140 valence electrons. The van der Waals surface area contributed by atoms with Gasteiger partial charge in [-0.25, -0.2) is 0 Å². The summed E-state index contributed by atoms with van der Waals surface area (Å²) in [5, 5.41) is 2.74. The normalized spacial score (nSPS) is 25.7. The topological polar surface area (TPSA) is 81.7 Å². The second-order valence-corrected chi connectivity index (χ2v) is 6.74. The lowest BCUT2D eigenvalue weighted by molar-refractivity contribution is -0.175. The number of anilines is 1. The number of carbonyl (C=O) groups excluding carboxylic acids is 3. The van der Waals surface area contributed by atoms with Crippen LogP contribution in [0.1, 0.15) is 32.8 Å². The number of nitrogens with one attached hydrogen (secondary N) is 1. The summed E-state index contributed by atoms with van der Waals surface area (Å²) in [6.45, 7) is 8.51. The minimum Gasteiger partial charge on any atom is -0.468 e. The molecule has 1 amide bonds. The van der Waals surface area contributed by atoms with Crippen molar-refractivity contribution in [1.82, 2.24) is 0 Å². The van der Waals surface area contributed by atoms with Crippen LogP contribution in [0.2, 0.25) is 0 Å². The molecule has 0 bridgehead atoms. The van der Waals surface area contributed by atoms with Gasteiger partial charge in [-0.05, 0) is 44.4 Å². The number of hydrogen-bond donors (Lipinski definition) is 1. The molecule has 1 aromatic rings. The van der Waals surface area contributed by atoms with Crippen LogP contribution in [0.15, 0.2) is 36.4 Å². The number of ketones is 1. The molecule has 0 radical (unpaired) electrons. The molecular formula is C20H25NO5. The molecule has 1 saturated heterocycles. The Balaban J connectivity index is 2.20. The Bertz CT molecular complexity index is 741. The standard InChI is InChI=1S/C20H25NO5/c1-12-13(2)26-17(20(4,18(12)23)19(24)25-5)10-9-15-7-6-8-16(11-15)21-14(3)22/h6-8,11,13,17H,1,9-10H2,2-5H3,(H,21,22)/t13-,17?,20-/m1/s1. The first-order valence-electron chi connectivity index (χ1n) is 8.54. The average molecular weight is 359 g/mol. The molecule has 6 heteroatoms. The zero-order chi connectivity index (χ0) is 19.5. The Morgan fingerprint density at radius 2 is 2.08 bits per heavy atom. The van der Waals surface area contributed by atoms with Gasteiger partial charge in [-0.15, -0.1) is 0 Å². The third kappa shape index (κ3) is 3.85. The number of ether oxygens (including phenoxy) is 2. The Hall–Kier alpha value is -2.47. The summed E-state index contributed by atoms with van der Waals surface area (Å²) in [6.07, 6.45) is -0.0290. The first kappa shape index (κ1) is 19.8. The van der Waals surface area contributed by atoms with E-state index >= 15 is 0 Å². The zero-order valence-corrected chi connectivity index (χ0v) is 15.6. The van der Waals surface area contributed by atoms with Crippen LogP contribution in [-0.2, 0) is 30.3 Å². The molecule has 2 rings (SSSR count). The summed E-state index contributed by atoms with van der Waals surface area (Å²) in [5.74, 6) is -1.10. The van der Waals surface area contributed by atoms with Crippen molar-refractivity contribution in [2.45, 2.75) is 45.8 Å². The van der Waals surface area contributed by atoms with Gasteiger partial charge in [0.2, 0.25) is 5.91 Å². The summed E-state index contributed by atoms with van der Waals surface area (Å²) in [4.78, 5) is 36.3. The number of amides is 1. The van der Waals surface area contributed by atoms with Gasteiger partial charge in [-0.3, -0.25) is 14.4 Å². The average Bonchev–Trinajstić information content (AvgIpc) is 2.60. The van der Waals surface area contributed by atoms with E-state index in [0.29, 0.717) is 18.5 Å². The van der Waals surface area contributed by atoms with Gasteiger partial charge in [0.1, 0.15) is 0 Å². The molecule has 3 atom stereocenters. The highest BCUT2D eigenvalue weighted by Crippen LogP contribution is 2.39. The van der Waals surface area contributed by atoms with Crippen molar-refractivity contribution in [2.75, 3.05) is 12.4 Å². The molecule has 1 N–H and O–H groups in total. The van der Waals surface area contributed by atoms with E-state index in [-0.39, 0.29) is 17.3 Å². The minimum absolute atomic E-state index is 0.144. The lowest BCUT2D eigenvalue weighted by Crippen LogP contribution is -2.55. The predicted molar refractivity (Wildman–Crippen MR) is 97.7 cm³/mol. The van der Waals surface area contributed by atoms with Crippen LogP contribution in [0.3, 0.4) is 0 Å². The van der Waals surface area contributed by atoms with Gasteiger partial charge in [0.25, 0.3) is 0 Å². The summed E-state index contributed by atoms with van der Waals surface area (Å²) >= 11 is 0. The van der Waals surface area contributed by atoms with Gasteiger partial charge >= 0.3 is 5.97 Å². The Labute approximate surface area is 153 Å². The minimum atomic E-state index is -1.41. The summed E-state index contributed by atoms with van der Waals surface area (Å²) < 4.78 is 10.8. The van der Waals surface area contributed by atoms with E-state index in [0.717, 1.165) is 5.56 Å². The molecule has 1 aliphatic rings. The lowest BCUT2D eigenvalue weighted by atomic mass is 9.72. The Morgan fingerprint density at radius 3 is 2.69 bits per heavy atom. The van der Waals surface area contributed by atoms with E-state index in [9.17, 15) is 14.4 Å². The zero-order valence-electron chi connectivity index (χ0n) is 15.6. The molecule has 0 aromatic heterocycles. The second-order valence-electron chi connectivity index (χ2n) is 6.74. The van der Waals surface area contributed by atoms with E-state index in [2.05, 4.69) is 11.9 Å². The van der Waals surface area contributed by atoms with Crippen molar-refractivity contribution in [2.24, 2.45) is 5.41 Å². The molecule has 0 spiro atoms. The number of hydrogen-bond acceptors (Lipinski definition) is 5. The number of Topliss-reactive ketones (excluding diaryl/α,β-unsaturated/α-hetero) is 1. The Kier molecular flexibility index (Phi) is 5.97. The van der Waals surface area contributed by atoms with Crippen LogP contribution >= 0.6 is 0 Å². The predicted octanol–water partition coefficient (Wildman–Crippen LogP) is 2.67. The highest BCUT2D eigenvalue weighted by molar-refractivity contribution is 6.13. The number of aryl methyl sites for hydroxylation is 1. The smallest absolute Gasteiger partial charge is 0.322 e. The van der Waals surface area contributed by atoms with Crippen LogP contribution in [0.25, 0.3) is 0 Å². The fourth-order valence-electron chi connectivity index (χ4n) is 3.23. The maximum absolute atomic E-state index is 12.7. The van der Waals surface area contributed by atoms with Gasteiger partial charge in [0.15, 0.2) is 11.2 Å². The summed E-state index contributed by atoms with van der Waals surface area (Å²) in [7, 11) is 1.26. The monoisotopic (exact) mass is 359 g/mol. The number of benzene rings is 1. The third-order valence-electron chi connectivity index (χ3n) is 4.82. The van der Waals surface area contributed by atoms with E-state index in [1.54, 1.807) is 19.9 Å². The first-order valence-corrected chi connectivity index (χ1v) is 8.54. The molecular weight excluding hydrogens is 334 g/mol. The summed E-state index contributed by atoms with van der Waals surface area (Å²) in [6, 6.07) is 7.44. The highest BCUT2D eigenvalue weighted by atomic mass is 16.5. The molecule has 6 nitrogen and oxygen atoms in total. The van der Waals surface area contributed by atoms with E-state index in [1.165, 1.54) is 14.0 Å². The second kappa shape index (κ2) is 7.83. The van der Waals surface area contributed by atoms with Crippen molar-refractivity contribution in [1.29, 1.82) is 0 Å². The molecule has 1 aliphatic heterocycles. The molecule has 1 aromatic carbocycles. The fraction of sp³-hybridized carbons (Fsp3) is 0.450. The van der Waals surface area contributed by atoms with Crippen molar-refractivity contribution in [3.05, 3.63) is 42.0 Å². The van der Waals surface area contributed by atoms with Crippen LogP contribution in [0, 0.1) is 5.41 Å². The van der Waals surface area contributed by atoms with Crippen LogP contribution in [0.4, 0.5) is 5.69 Å². The molecule has 1 heterocycles. The van der Waals surface area contributed by atoms with Crippen molar-refractivity contribution in [3.63, 3.8) is 0 Å². The van der Waals surface area contributed by atoms with Gasteiger partial charge in [0, 0.05) is 18.2 Å². The SMILES string of the molecule is C=C1C(=O)[C@](C)(C(=O)OC)C(CCc2cccc(NC(C)=O)c2)O[C@@H]1C. The van der Waals surface area contributed by atoms with Crippen LogP contribution in [-0.4, -0.2) is 37.0 Å². The highest BCUT2D eigenvalue weighted by Gasteiger charge is 2.54. The quantitative estimate of drug-likeness (QED) is 0.497. The molecule has 1 fully saturated rings. The summed E-state index contributed by atoms with van der Waals surface area (Å²) in [5.41, 5.74) is 0.541. The lowest BCUT2D eigenvalue weighted by Gasteiger charge is -2.41. The third-order valence-corrected chi connectivity index (χ3v) is 4.82. The Morgan fingerprint density at radius 1 is 1.38 bits per heavy atom. The molecule has 0 aliphatic carbocycles. The number of carbonyl (C=O) groups is 3. The van der Waals surface area contributed by atoms with E-state index in [4.69, 9.17) is 9.47 Å². The fourth-order valence-corrected chi connectivity index (χ4v) is 3.23. The largest absolute Gasteiger partial charge is 0.468 e. The van der Waals surface area contributed by atoms with Gasteiger partial charge in [-0.1, -0.05) is 18.7 Å². The maximum atomic E-state index is 12.7. The van der Waals surface area contributed by atoms with Gasteiger partial charge in [0.05, 0.1) is 19.3 Å². The number of methoxy groups -OCH3 is 1. The van der Waals surface area contributed by atoms with Crippen molar-refractivity contribution >= 4 is 23.3 Å². The molecule has 26 heavy (non-hydrogen) atoms.